The zero-order valence-corrected chi connectivity index (χ0v) is 9.73. The Kier molecular flexibility index (Phi) is 3.34. The van der Waals surface area contributed by atoms with Gasteiger partial charge in [-0.1, -0.05) is 11.6 Å². The predicted octanol–water partition coefficient (Wildman–Crippen LogP) is 1.58. The molecule has 0 aromatic carbocycles. The lowest BCUT2D eigenvalue weighted by Gasteiger charge is -1.94. The van der Waals surface area contributed by atoms with Gasteiger partial charge in [-0.05, 0) is 13.0 Å². The Balaban J connectivity index is 2.34. The predicted molar refractivity (Wildman–Crippen MR) is 62.4 cm³/mol. The average molecular weight is 253 g/mol. The normalized spacial score (nSPS) is 11.2. The van der Waals surface area contributed by atoms with Crippen LogP contribution in [0.3, 0.4) is 0 Å². The first-order chi connectivity index (χ1) is 8.22. The van der Waals surface area contributed by atoms with Gasteiger partial charge in [0.05, 0.1) is 17.7 Å². The van der Waals surface area contributed by atoms with Gasteiger partial charge in [0.25, 0.3) is 0 Å². The van der Waals surface area contributed by atoms with Crippen LogP contribution in [0.25, 0.3) is 17.1 Å². The Morgan fingerprint density at radius 2 is 2.41 bits per heavy atom. The van der Waals surface area contributed by atoms with E-state index in [1.54, 1.807) is 6.92 Å². The van der Waals surface area contributed by atoms with Gasteiger partial charge in [0.1, 0.15) is 11.5 Å². The maximum atomic E-state index is 11.2. The van der Waals surface area contributed by atoms with Crippen LogP contribution < -0.4 is 0 Å². The average Bonchev–Trinajstić information content (AvgIpc) is 2.71. The van der Waals surface area contributed by atoms with E-state index in [0.717, 1.165) is 0 Å². The highest BCUT2D eigenvalue weighted by Crippen LogP contribution is 2.21. The molecule has 0 radical (unpaired) electrons. The molecule has 0 aliphatic carbocycles. The molecule has 0 atom stereocenters. The zero-order valence-electron chi connectivity index (χ0n) is 8.98. The van der Waals surface area contributed by atoms with Gasteiger partial charge < -0.3 is 4.74 Å². The minimum atomic E-state index is -0.428. The van der Waals surface area contributed by atoms with Crippen LogP contribution in [0.15, 0.2) is 12.4 Å². The van der Waals surface area contributed by atoms with Crippen molar-refractivity contribution in [2.45, 2.75) is 6.92 Å². The minimum absolute atomic E-state index is 0.284. The van der Waals surface area contributed by atoms with Crippen LogP contribution in [-0.4, -0.2) is 32.7 Å². The van der Waals surface area contributed by atoms with Gasteiger partial charge >= 0.3 is 5.97 Å². The molecule has 2 rings (SSSR count). The standard InChI is InChI=1S/C10H9ClN4O2/c1-2-17-7(16)4-3-6-8-9(11)12-5-13-10(8)15-14-6/h3-5H,2H2,1H3,(H,12,13,14,15). The fourth-order valence-electron chi connectivity index (χ4n) is 1.30. The number of rotatable bonds is 3. The Hall–Kier alpha value is -1.95. The van der Waals surface area contributed by atoms with Gasteiger partial charge in [0.15, 0.2) is 5.65 Å². The summed E-state index contributed by atoms with van der Waals surface area (Å²) in [6, 6.07) is 0. The van der Waals surface area contributed by atoms with E-state index in [1.165, 1.54) is 18.5 Å². The summed E-state index contributed by atoms with van der Waals surface area (Å²) in [6.45, 7) is 2.07. The highest BCUT2D eigenvalue weighted by atomic mass is 35.5. The fourth-order valence-corrected chi connectivity index (χ4v) is 1.53. The molecule has 0 unspecified atom stereocenters. The number of aromatic amines is 1. The van der Waals surface area contributed by atoms with Crippen molar-refractivity contribution in [3.8, 4) is 0 Å². The maximum absolute atomic E-state index is 11.2. The van der Waals surface area contributed by atoms with E-state index in [9.17, 15) is 4.79 Å². The summed E-state index contributed by atoms with van der Waals surface area (Å²) in [5.41, 5.74) is 1.02. The van der Waals surface area contributed by atoms with E-state index in [1.807, 2.05) is 0 Å². The summed E-state index contributed by atoms with van der Waals surface area (Å²) < 4.78 is 4.76. The number of aromatic nitrogens is 4. The van der Waals surface area contributed by atoms with Crippen molar-refractivity contribution in [1.82, 2.24) is 20.2 Å². The summed E-state index contributed by atoms with van der Waals surface area (Å²) in [5.74, 6) is -0.428. The first-order valence-electron chi connectivity index (χ1n) is 4.91. The van der Waals surface area contributed by atoms with Crippen molar-refractivity contribution in [2.24, 2.45) is 0 Å². The second-order valence-electron chi connectivity index (χ2n) is 3.09. The molecule has 88 valence electrons. The first kappa shape index (κ1) is 11.5. The first-order valence-corrected chi connectivity index (χ1v) is 5.29. The van der Waals surface area contributed by atoms with E-state index >= 15 is 0 Å². The number of halogens is 1. The maximum Gasteiger partial charge on any atom is 0.330 e. The minimum Gasteiger partial charge on any atom is -0.463 e. The van der Waals surface area contributed by atoms with Crippen LogP contribution in [-0.2, 0) is 9.53 Å². The lowest BCUT2D eigenvalue weighted by atomic mass is 10.3. The molecule has 2 heterocycles. The number of carbonyl (C=O) groups is 1. The molecule has 2 aromatic rings. The summed E-state index contributed by atoms with van der Waals surface area (Å²) in [4.78, 5) is 18.9. The van der Waals surface area contributed by atoms with Crippen LogP contribution in [0.1, 0.15) is 12.6 Å². The molecular weight excluding hydrogens is 244 g/mol. The van der Waals surface area contributed by atoms with Gasteiger partial charge in [0.2, 0.25) is 0 Å². The Morgan fingerprint density at radius 1 is 1.59 bits per heavy atom. The van der Waals surface area contributed by atoms with Crippen LogP contribution >= 0.6 is 11.6 Å². The number of ether oxygens (including phenoxy) is 1. The van der Waals surface area contributed by atoms with Crippen LogP contribution in [0.2, 0.25) is 5.15 Å². The van der Waals surface area contributed by atoms with Crippen molar-refractivity contribution in [1.29, 1.82) is 0 Å². The van der Waals surface area contributed by atoms with Gasteiger partial charge in [0, 0.05) is 6.08 Å². The van der Waals surface area contributed by atoms with Crippen molar-refractivity contribution in [3.05, 3.63) is 23.3 Å². The van der Waals surface area contributed by atoms with Crippen LogP contribution in [0.4, 0.5) is 0 Å². The summed E-state index contributed by atoms with van der Waals surface area (Å²) in [7, 11) is 0. The molecule has 0 saturated heterocycles. The van der Waals surface area contributed by atoms with E-state index in [-0.39, 0.29) is 5.15 Å². The molecule has 0 fully saturated rings. The number of fused-ring (bicyclic) bond motifs is 1. The fraction of sp³-hybridized carbons (Fsp3) is 0.200. The third-order valence-corrected chi connectivity index (χ3v) is 2.29. The van der Waals surface area contributed by atoms with E-state index in [2.05, 4.69) is 20.2 Å². The highest BCUT2D eigenvalue weighted by Gasteiger charge is 2.09. The van der Waals surface area contributed by atoms with Gasteiger partial charge in [-0.15, -0.1) is 0 Å². The number of H-pyrrole nitrogens is 1. The number of hydrogen-bond acceptors (Lipinski definition) is 5. The topological polar surface area (TPSA) is 80.8 Å². The molecule has 7 heteroatoms. The zero-order chi connectivity index (χ0) is 12.3. The van der Waals surface area contributed by atoms with Crippen LogP contribution in [0, 0.1) is 0 Å². The lowest BCUT2D eigenvalue weighted by Crippen LogP contribution is -1.98. The third kappa shape index (κ3) is 2.42. The number of nitrogens with one attached hydrogen (secondary N) is 1. The van der Waals surface area contributed by atoms with E-state index in [0.29, 0.717) is 23.3 Å². The molecular formula is C10H9ClN4O2. The number of nitrogens with zero attached hydrogens (tertiary/aromatic N) is 3. The van der Waals surface area contributed by atoms with Crippen molar-refractivity contribution >= 4 is 34.7 Å². The quantitative estimate of drug-likeness (QED) is 0.510. The molecule has 2 aromatic heterocycles. The highest BCUT2D eigenvalue weighted by molar-refractivity contribution is 6.34. The second-order valence-corrected chi connectivity index (χ2v) is 3.44. The largest absolute Gasteiger partial charge is 0.463 e. The smallest absolute Gasteiger partial charge is 0.330 e. The van der Waals surface area contributed by atoms with Crippen molar-refractivity contribution in [2.75, 3.05) is 6.61 Å². The Morgan fingerprint density at radius 3 is 3.18 bits per heavy atom. The Labute approximate surface area is 102 Å². The monoisotopic (exact) mass is 252 g/mol. The van der Waals surface area contributed by atoms with E-state index in [4.69, 9.17) is 16.3 Å². The SMILES string of the molecule is CCOC(=O)C=Cc1[nH]nc2ncnc(Cl)c12. The summed E-state index contributed by atoms with van der Waals surface area (Å²) in [6.07, 6.45) is 4.15. The number of carbonyl (C=O) groups excluding carboxylic acids is 1. The molecule has 0 spiro atoms. The third-order valence-electron chi connectivity index (χ3n) is 2.01. The molecule has 0 amide bonds. The second kappa shape index (κ2) is 4.92. The molecule has 0 saturated carbocycles. The molecule has 0 aliphatic heterocycles. The van der Waals surface area contributed by atoms with Crippen LogP contribution in [0.5, 0.6) is 0 Å². The molecule has 0 aliphatic rings. The molecule has 1 N–H and O–H groups in total. The lowest BCUT2D eigenvalue weighted by molar-refractivity contribution is -0.137. The molecule has 6 nitrogen and oxygen atoms in total. The van der Waals surface area contributed by atoms with Crippen molar-refractivity contribution < 1.29 is 9.53 Å². The Bertz CT molecular complexity index is 579. The molecule has 17 heavy (non-hydrogen) atoms. The summed E-state index contributed by atoms with van der Waals surface area (Å²) in [5, 5.41) is 7.52. The van der Waals surface area contributed by atoms with Gasteiger partial charge in [-0.3, -0.25) is 5.10 Å². The number of hydrogen-bond donors (Lipinski definition) is 1. The van der Waals surface area contributed by atoms with Crippen molar-refractivity contribution in [3.63, 3.8) is 0 Å². The molecule has 0 bridgehead atoms. The number of esters is 1. The van der Waals surface area contributed by atoms with Gasteiger partial charge in [-0.2, -0.15) is 5.10 Å². The van der Waals surface area contributed by atoms with Gasteiger partial charge in [-0.25, -0.2) is 14.8 Å². The summed E-state index contributed by atoms with van der Waals surface area (Å²) >= 11 is 5.92. The van der Waals surface area contributed by atoms with E-state index < -0.39 is 5.97 Å².